The van der Waals surface area contributed by atoms with Gasteiger partial charge in [-0.25, -0.2) is 18.9 Å². The van der Waals surface area contributed by atoms with Gasteiger partial charge in [0.05, 0.1) is 5.69 Å². The number of nitrogens with one attached hydrogen (secondary N) is 2. The van der Waals surface area contributed by atoms with Crippen molar-refractivity contribution in [1.29, 1.82) is 0 Å². The number of aromatic nitrogens is 3. The average molecular weight is 378 g/mol. The molecule has 1 atom stereocenters. The summed E-state index contributed by atoms with van der Waals surface area (Å²) in [5.41, 5.74) is -0.180. The number of nitrogens with zero attached hydrogens (tertiary/aromatic N) is 2. The second kappa shape index (κ2) is 6.72. The van der Waals surface area contributed by atoms with Crippen molar-refractivity contribution in [2.24, 2.45) is 5.92 Å². The maximum atomic E-state index is 14.0. The second-order valence-corrected chi connectivity index (χ2v) is 5.85. The summed E-state index contributed by atoms with van der Waals surface area (Å²) in [6, 6.07) is 4.63. The summed E-state index contributed by atoms with van der Waals surface area (Å²) in [6.07, 6.45) is 1.70. The molecule has 0 amide bonds. The third-order valence-electron chi connectivity index (χ3n) is 3.53. The molecule has 0 spiro atoms. The average Bonchev–Trinajstić information content (AvgIpc) is 3.02. The van der Waals surface area contributed by atoms with E-state index >= 15 is 0 Å². The summed E-state index contributed by atoms with van der Waals surface area (Å²) in [7, 11) is 0. The summed E-state index contributed by atoms with van der Waals surface area (Å²) >= 11 is 3.21. The minimum absolute atomic E-state index is 0. The maximum Gasteiger partial charge on any atom is 0.348 e. The molecule has 1 aromatic heterocycles. The van der Waals surface area contributed by atoms with Crippen molar-refractivity contribution in [1.82, 2.24) is 20.1 Å². The lowest BCUT2D eigenvalue weighted by molar-refractivity contribution is 0.549. The van der Waals surface area contributed by atoms with E-state index in [-0.39, 0.29) is 18.1 Å². The van der Waals surface area contributed by atoms with E-state index in [0.717, 1.165) is 19.5 Å². The van der Waals surface area contributed by atoms with Crippen LogP contribution in [0, 0.1) is 11.7 Å². The molecule has 0 aliphatic carbocycles. The summed E-state index contributed by atoms with van der Waals surface area (Å²) in [5, 5.41) is 9.72. The lowest BCUT2D eigenvalue weighted by Gasteiger charge is -2.10. The van der Waals surface area contributed by atoms with E-state index in [1.807, 2.05) is 0 Å². The summed E-state index contributed by atoms with van der Waals surface area (Å²) in [4.78, 5) is 11.9. The van der Waals surface area contributed by atoms with Crippen LogP contribution in [0.5, 0.6) is 0 Å². The van der Waals surface area contributed by atoms with Crippen LogP contribution in [0.3, 0.4) is 0 Å². The van der Waals surface area contributed by atoms with Gasteiger partial charge in [-0.1, -0.05) is 15.9 Å². The lowest BCUT2D eigenvalue weighted by atomic mass is 10.0. The van der Waals surface area contributed by atoms with Gasteiger partial charge in [-0.2, -0.15) is 5.10 Å². The normalized spacial score (nSPS) is 17.7. The third-order valence-corrected chi connectivity index (χ3v) is 4.02. The molecule has 2 heterocycles. The first-order chi connectivity index (χ1) is 9.65. The Labute approximate surface area is 135 Å². The molecule has 0 saturated carbocycles. The number of hydrogen-bond acceptors (Lipinski definition) is 3. The van der Waals surface area contributed by atoms with Crippen LogP contribution in [0.25, 0.3) is 5.69 Å². The van der Waals surface area contributed by atoms with E-state index < -0.39 is 11.5 Å². The number of H-pyrrole nitrogens is 1. The van der Waals surface area contributed by atoms with Crippen LogP contribution in [0.1, 0.15) is 12.2 Å². The monoisotopic (exact) mass is 376 g/mol. The van der Waals surface area contributed by atoms with Gasteiger partial charge in [0.1, 0.15) is 11.6 Å². The predicted molar refractivity (Wildman–Crippen MR) is 83.8 cm³/mol. The molecule has 0 bridgehead atoms. The van der Waals surface area contributed by atoms with Gasteiger partial charge in [0.25, 0.3) is 0 Å². The highest BCUT2D eigenvalue weighted by atomic mass is 79.9. The quantitative estimate of drug-likeness (QED) is 0.860. The van der Waals surface area contributed by atoms with Gasteiger partial charge < -0.3 is 5.32 Å². The van der Waals surface area contributed by atoms with Crippen LogP contribution in [-0.4, -0.2) is 27.9 Å². The molecular weight excluding hydrogens is 363 g/mol. The molecule has 2 aromatic rings. The number of benzene rings is 1. The molecule has 3 rings (SSSR count). The van der Waals surface area contributed by atoms with Crippen molar-refractivity contribution in [2.45, 2.75) is 12.8 Å². The highest BCUT2D eigenvalue weighted by Crippen LogP contribution is 2.20. The Balaban J connectivity index is 0.00000161. The zero-order valence-corrected chi connectivity index (χ0v) is 13.5. The van der Waals surface area contributed by atoms with Gasteiger partial charge in [0.15, 0.2) is 0 Å². The Morgan fingerprint density at radius 1 is 1.48 bits per heavy atom. The topological polar surface area (TPSA) is 62.7 Å². The second-order valence-electron chi connectivity index (χ2n) is 4.94. The Hall–Kier alpha value is -1.18. The van der Waals surface area contributed by atoms with E-state index in [0.29, 0.717) is 22.6 Å². The van der Waals surface area contributed by atoms with Gasteiger partial charge >= 0.3 is 5.69 Å². The van der Waals surface area contributed by atoms with Gasteiger partial charge in [-0.05, 0) is 43.6 Å². The summed E-state index contributed by atoms with van der Waals surface area (Å²) in [6.45, 7) is 1.88. The lowest BCUT2D eigenvalue weighted by Crippen LogP contribution is -2.20. The molecule has 1 fully saturated rings. The SMILES string of the molecule is Cl.O=c1[nH]nc(C[C@@H]2CCNC2)n1-c1ccc(Br)cc1F. The Bertz CT molecular complexity index is 681. The molecule has 114 valence electrons. The Morgan fingerprint density at radius 2 is 2.29 bits per heavy atom. The van der Waals surface area contributed by atoms with Crippen molar-refractivity contribution in [3.8, 4) is 5.69 Å². The molecule has 1 aliphatic heterocycles. The van der Waals surface area contributed by atoms with Crippen LogP contribution < -0.4 is 11.0 Å². The molecule has 0 radical (unpaired) electrons. The van der Waals surface area contributed by atoms with Crippen LogP contribution in [-0.2, 0) is 6.42 Å². The van der Waals surface area contributed by atoms with E-state index in [1.54, 1.807) is 12.1 Å². The van der Waals surface area contributed by atoms with Crippen molar-refractivity contribution in [3.63, 3.8) is 0 Å². The summed E-state index contributed by atoms with van der Waals surface area (Å²) < 4.78 is 16.0. The van der Waals surface area contributed by atoms with E-state index in [1.165, 1.54) is 10.6 Å². The van der Waals surface area contributed by atoms with Crippen molar-refractivity contribution >= 4 is 28.3 Å². The smallest absolute Gasteiger partial charge is 0.316 e. The maximum absolute atomic E-state index is 14.0. The molecule has 1 saturated heterocycles. The fraction of sp³-hybridized carbons (Fsp3) is 0.385. The zero-order valence-electron chi connectivity index (χ0n) is 11.1. The van der Waals surface area contributed by atoms with Crippen molar-refractivity contribution in [2.75, 3.05) is 13.1 Å². The van der Waals surface area contributed by atoms with Gasteiger partial charge in [0, 0.05) is 10.9 Å². The van der Waals surface area contributed by atoms with Gasteiger partial charge in [0.2, 0.25) is 0 Å². The molecular formula is C13H15BrClFN4O. The number of halogens is 3. The first-order valence-corrected chi connectivity index (χ1v) is 7.27. The molecule has 1 aromatic carbocycles. The van der Waals surface area contributed by atoms with Crippen LogP contribution in [0.15, 0.2) is 27.5 Å². The van der Waals surface area contributed by atoms with Gasteiger partial charge in [-0.3, -0.25) is 0 Å². The fourth-order valence-electron chi connectivity index (χ4n) is 2.52. The standard InChI is InChI=1S/C13H14BrFN4O.ClH/c14-9-1-2-11(10(15)6-9)19-12(17-18-13(19)20)5-8-3-4-16-7-8;/h1-2,6,8,16H,3-5,7H2,(H,18,20);1H/t8-;/m0./s1. The van der Waals surface area contributed by atoms with Crippen LogP contribution >= 0.6 is 28.3 Å². The minimum atomic E-state index is -0.450. The summed E-state index contributed by atoms with van der Waals surface area (Å²) in [5.74, 6) is 0.557. The van der Waals surface area contributed by atoms with E-state index in [9.17, 15) is 9.18 Å². The largest absolute Gasteiger partial charge is 0.348 e. The Kier molecular flexibility index (Phi) is 5.18. The van der Waals surface area contributed by atoms with Crippen molar-refractivity contribution in [3.05, 3.63) is 44.8 Å². The zero-order chi connectivity index (χ0) is 14.1. The number of aromatic amines is 1. The highest BCUT2D eigenvalue weighted by molar-refractivity contribution is 9.10. The number of rotatable bonds is 3. The molecule has 21 heavy (non-hydrogen) atoms. The minimum Gasteiger partial charge on any atom is -0.316 e. The van der Waals surface area contributed by atoms with Crippen molar-refractivity contribution < 1.29 is 4.39 Å². The molecule has 0 unspecified atom stereocenters. The van der Waals surface area contributed by atoms with Gasteiger partial charge in [-0.15, -0.1) is 12.4 Å². The van der Waals surface area contributed by atoms with E-state index in [4.69, 9.17) is 0 Å². The Morgan fingerprint density at radius 3 is 2.95 bits per heavy atom. The molecule has 5 nitrogen and oxygen atoms in total. The predicted octanol–water partition coefficient (Wildman–Crippen LogP) is 2.04. The van der Waals surface area contributed by atoms with Crippen LogP contribution in [0.2, 0.25) is 0 Å². The first kappa shape index (κ1) is 16.2. The molecule has 8 heteroatoms. The number of hydrogen-bond donors (Lipinski definition) is 2. The van der Waals surface area contributed by atoms with E-state index in [2.05, 4.69) is 31.4 Å². The first-order valence-electron chi connectivity index (χ1n) is 6.47. The highest BCUT2D eigenvalue weighted by Gasteiger charge is 2.20. The molecule has 1 aliphatic rings. The fourth-order valence-corrected chi connectivity index (χ4v) is 2.86. The van der Waals surface area contributed by atoms with Crippen LogP contribution in [0.4, 0.5) is 4.39 Å². The molecule has 2 N–H and O–H groups in total. The third kappa shape index (κ3) is 3.36.